The molecule has 0 aromatic carbocycles. The highest BCUT2D eigenvalue weighted by molar-refractivity contribution is 6.01. The molecule has 0 bridgehead atoms. The molecule has 1 fully saturated rings. The minimum Gasteiger partial charge on any atom is -0.378 e. The third-order valence-electron chi connectivity index (χ3n) is 4.52. The summed E-state index contributed by atoms with van der Waals surface area (Å²) in [5, 5.41) is 0.519. The van der Waals surface area contributed by atoms with Gasteiger partial charge in [0.2, 0.25) is 0 Å². The molecule has 0 aliphatic carbocycles. The second kappa shape index (κ2) is 24.6. The Kier molecular flexibility index (Phi) is 22.1. The molecular formula is C23H42N2O12. The van der Waals surface area contributed by atoms with E-state index in [1.165, 1.54) is 0 Å². The fraction of sp³-hybridized carbons (Fsp3) is 0.870. The molecule has 1 saturated heterocycles. The fourth-order valence-electron chi connectivity index (χ4n) is 2.69. The van der Waals surface area contributed by atoms with Crippen molar-refractivity contribution in [3.63, 3.8) is 0 Å². The fourth-order valence-corrected chi connectivity index (χ4v) is 2.69. The molecule has 216 valence electrons. The summed E-state index contributed by atoms with van der Waals surface area (Å²) in [7, 11) is 0. The molecule has 14 heteroatoms. The second-order valence-corrected chi connectivity index (χ2v) is 7.48. The van der Waals surface area contributed by atoms with E-state index in [1.54, 1.807) is 0 Å². The second-order valence-electron chi connectivity index (χ2n) is 7.48. The van der Waals surface area contributed by atoms with Gasteiger partial charge in [-0.2, -0.15) is 0 Å². The van der Waals surface area contributed by atoms with Crippen molar-refractivity contribution in [2.75, 3.05) is 112 Å². The first kappa shape index (κ1) is 33.3. The van der Waals surface area contributed by atoms with Gasteiger partial charge in [0.15, 0.2) is 0 Å². The molecule has 0 spiro atoms. The predicted octanol–water partition coefficient (Wildman–Crippen LogP) is -0.925. The monoisotopic (exact) mass is 538 g/mol. The van der Waals surface area contributed by atoms with Crippen LogP contribution in [0.15, 0.2) is 0 Å². The molecule has 0 saturated carbocycles. The number of nitrogens with two attached hydrogens (primary N) is 1. The standard InChI is InChI=1S/C23H42N2O12/c24-4-6-30-8-10-32-12-14-34-16-18-36-20-19-35-17-15-33-13-11-31-9-7-29-5-3-23(28)37-25-21(26)1-2-22(25)27/h1-20,24H2. The van der Waals surface area contributed by atoms with Gasteiger partial charge < -0.3 is 48.5 Å². The molecule has 2 amide bonds. The first-order valence-corrected chi connectivity index (χ1v) is 12.5. The number of hydrogen-bond acceptors (Lipinski definition) is 13. The maximum Gasteiger partial charge on any atom is 0.335 e. The van der Waals surface area contributed by atoms with E-state index in [-0.39, 0.29) is 25.9 Å². The third-order valence-corrected chi connectivity index (χ3v) is 4.52. The lowest BCUT2D eigenvalue weighted by Gasteiger charge is -2.12. The van der Waals surface area contributed by atoms with Crippen molar-refractivity contribution in [3.8, 4) is 0 Å². The van der Waals surface area contributed by atoms with Crippen LogP contribution in [0.5, 0.6) is 0 Å². The summed E-state index contributed by atoms with van der Waals surface area (Å²) < 4.78 is 42.7. The smallest absolute Gasteiger partial charge is 0.335 e. The van der Waals surface area contributed by atoms with E-state index in [4.69, 9.17) is 48.5 Å². The first-order chi connectivity index (χ1) is 18.1. The lowest BCUT2D eigenvalue weighted by Crippen LogP contribution is -2.32. The number of ether oxygens (including phenoxy) is 8. The van der Waals surface area contributed by atoms with Gasteiger partial charge >= 0.3 is 5.97 Å². The van der Waals surface area contributed by atoms with Crippen LogP contribution < -0.4 is 5.73 Å². The van der Waals surface area contributed by atoms with Crippen molar-refractivity contribution in [1.82, 2.24) is 5.06 Å². The van der Waals surface area contributed by atoms with Gasteiger partial charge in [0, 0.05) is 19.4 Å². The Labute approximate surface area is 217 Å². The largest absolute Gasteiger partial charge is 0.378 e. The van der Waals surface area contributed by atoms with Gasteiger partial charge in [-0.05, 0) is 0 Å². The zero-order chi connectivity index (χ0) is 26.8. The summed E-state index contributed by atoms with van der Waals surface area (Å²) in [5.41, 5.74) is 5.31. The Morgan fingerprint density at radius 2 is 0.838 bits per heavy atom. The Morgan fingerprint density at radius 3 is 1.16 bits per heavy atom. The average molecular weight is 539 g/mol. The molecule has 0 atom stereocenters. The summed E-state index contributed by atoms with van der Waals surface area (Å²) in [6.07, 6.45) is 0.0590. The van der Waals surface area contributed by atoms with E-state index in [9.17, 15) is 14.4 Å². The zero-order valence-electron chi connectivity index (χ0n) is 21.6. The molecule has 1 rings (SSSR count). The number of hydroxylamine groups is 2. The van der Waals surface area contributed by atoms with E-state index in [0.717, 1.165) is 0 Å². The third kappa shape index (κ3) is 20.0. The van der Waals surface area contributed by atoms with Crippen LogP contribution in [-0.2, 0) is 57.1 Å². The number of rotatable bonds is 27. The zero-order valence-corrected chi connectivity index (χ0v) is 21.6. The topological polar surface area (TPSA) is 164 Å². The Balaban J connectivity index is 1.69. The van der Waals surface area contributed by atoms with Gasteiger partial charge in [0.25, 0.3) is 11.8 Å². The summed E-state index contributed by atoms with van der Waals surface area (Å²) in [4.78, 5) is 39.0. The number of nitrogens with zero attached hydrogens (tertiary/aromatic N) is 1. The van der Waals surface area contributed by atoms with E-state index < -0.39 is 17.8 Å². The lowest BCUT2D eigenvalue weighted by atomic mass is 10.4. The van der Waals surface area contributed by atoms with Crippen LogP contribution in [0.4, 0.5) is 0 Å². The number of imide groups is 1. The van der Waals surface area contributed by atoms with E-state index in [0.29, 0.717) is 111 Å². The summed E-state index contributed by atoms with van der Waals surface area (Å²) in [6.45, 7) is 7.56. The summed E-state index contributed by atoms with van der Waals surface area (Å²) in [6, 6.07) is 0. The van der Waals surface area contributed by atoms with Crippen LogP contribution in [0.25, 0.3) is 0 Å². The van der Waals surface area contributed by atoms with Gasteiger partial charge in [0.1, 0.15) is 0 Å². The molecule has 0 radical (unpaired) electrons. The number of amides is 2. The quantitative estimate of drug-likeness (QED) is 0.101. The van der Waals surface area contributed by atoms with Gasteiger partial charge in [-0.15, -0.1) is 5.06 Å². The van der Waals surface area contributed by atoms with Crippen molar-refractivity contribution in [2.24, 2.45) is 5.73 Å². The van der Waals surface area contributed by atoms with Gasteiger partial charge in [0.05, 0.1) is 112 Å². The molecule has 0 unspecified atom stereocenters. The Morgan fingerprint density at radius 1 is 0.541 bits per heavy atom. The van der Waals surface area contributed by atoms with Crippen LogP contribution in [0.2, 0.25) is 0 Å². The molecule has 1 heterocycles. The average Bonchev–Trinajstić information content (AvgIpc) is 3.20. The van der Waals surface area contributed by atoms with Crippen molar-refractivity contribution in [2.45, 2.75) is 19.3 Å². The number of carbonyl (C=O) groups is 3. The first-order valence-electron chi connectivity index (χ1n) is 12.5. The highest BCUT2D eigenvalue weighted by atomic mass is 16.7. The molecule has 0 aromatic rings. The molecule has 0 aromatic heterocycles. The van der Waals surface area contributed by atoms with E-state index in [2.05, 4.69) is 0 Å². The molecule has 14 nitrogen and oxygen atoms in total. The maximum absolute atomic E-state index is 11.6. The van der Waals surface area contributed by atoms with Gasteiger partial charge in [-0.3, -0.25) is 9.59 Å². The Hall–Kier alpha value is -1.75. The van der Waals surface area contributed by atoms with Crippen LogP contribution in [0, 0.1) is 0 Å². The minimum atomic E-state index is -0.695. The van der Waals surface area contributed by atoms with Gasteiger partial charge in [-0.1, -0.05) is 0 Å². The number of hydrogen-bond donors (Lipinski definition) is 1. The van der Waals surface area contributed by atoms with Crippen molar-refractivity contribution < 1.29 is 57.1 Å². The predicted molar refractivity (Wildman–Crippen MR) is 127 cm³/mol. The van der Waals surface area contributed by atoms with Crippen molar-refractivity contribution in [1.29, 1.82) is 0 Å². The summed E-state index contributed by atoms with van der Waals surface area (Å²) >= 11 is 0. The van der Waals surface area contributed by atoms with Crippen LogP contribution in [-0.4, -0.2) is 135 Å². The molecular weight excluding hydrogens is 496 g/mol. The minimum absolute atomic E-state index is 0.0635. The Bertz CT molecular complexity index is 580. The normalized spacial score (nSPS) is 13.6. The molecule has 1 aliphatic heterocycles. The molecule has 1 aliphatic rings. The number of carbonyl (C=O) groups excluding carboxylic acids is 3. The van der Waals surface area contributed by atoms with Gasteiger partial charge in [-0.25, -0.2) is 4.79 Å². The molecule has 37 heavy (non-hydrogen) atoms. The van der Waals surface area contributed by atoms with Crippen LogP contribution in [0.3, 0.4) is 0 Å². The van der Waals surface area contributed by atoms with Crippen molar-refractivity contribution >= 4 is 17.8 Å². The summed E-state index contributed by atoms with van der Waals surface area (Å²) in [5.74, 6) is -1.71. The molecule has 2 N–H and O–H groups in total. The SMILES string of the molecule is NCCOCCOCCOCCOCCOCCOCCOCCOCCC(=O)ON1C(=O)CCC1=O. The van der Waals surface area contributed by atoms with Crippen molar-refractivity contribution in [3.05, 3.63) is 0 Å². The van der Waals surface area contributed by atoms with Crippen LogP contribution in [0.1, 0.15) is 19.3 Å². The van der Waals surface area contributed by atoms with E-state index >= 15 is 0 Å². The highest BCUT2D eigenvalue weighted by Crippen LogP contribution is 2.12. The highest BCUT2D eigenvalue weighted by Gasteiger charge is 2.32. The van der Waals surface area contributed by atoms with E-state index in [1.807, 2.05) is 0 Å². The van der Waals surface area contributed by atoms with Crippen LogP contribution >= 0.6 is 0 Å². The maximum atomic E-state index is 11.6. The lowest BCUT2D eigenvalue weighted by molar-refractivity contribution is -0.198.